The van der Waals surface area contributed by atoms with Gasteiger partial charge in [-0.3, -0.25) is 4.79 Å². The first-order valence-corrected chi connectivity index (χ1v) is 7.63. The highest BCUT2D eigenvalue weighted by Gasteiger charge is 2.39. The third-order valence-electron chi connectivity index (χ3n) is 4.87. The molecule has 3 nitrogen and oxygen atoms in total. The lowest BCUT2D eigenvalue weighted by Crippen LogP contribution is -2.46. The quantitative estimate of drug-likeness (QED) is 0.734. The van der Waals surface area contributed by atoms with Crippen LogP contribution in [0.4, 0.5) is 0 Å². The second-order valence-corrected chi connectivity index (χ2v) is 5.79. The fourth-order valence-electron chi connectivity index (χ4n) is 3.25. The SMILES string of the molecule is CCC(CC)C(N)CNC(=O)C1(CC)CCCC1. The van der Waals surface area contributed by atoms with E-state index in [1.165, 1.54) is 12.8 Å². The zero-order chi connectivity index (χ0) is 13.6. The van der Waals surface area contributed by atoms with Crippen LogP contribution in [0.1, 0.15) is 65.7 Å². The van der Waals surface area contributed by atoms with Gasteiger partial charge in [-0.1, -0.05) is 46.5 Å². The van der Waals surface area contributed by atoms with E-state index in [9.17, 15) is 4.79 Å². The number of nitrogens with one attached hydrogen (secondary N) is 1. The Morgan fingerprint density at radius 1 is 1.22 bits per heavy atom. The zero-order valence-corrected chi connectivity index (χ0v) is 12.3. The first-order valence-electron chi connectivity index (χ1n) is 7.63. The lowest BCUT2D eigenvalue weighted by molar-refractivity contribution is -0.131. The van der Waals surface area contributed by atoms with Crippen LogP contribution in [-0.2, 0) is 4.79 Å². The topological polar surface area (TPSA) is 55.1 Å². The van der Waals surface area contributed by atoms with E-state index < -0.39 is 0 Å². The fourth-order valence-corrected chi connectivity index (χ4v) is 3.25. The van der Waals surface area contributed by atoms with Gasteiger partial charge in [0, 0.05) is 18.0 Å². The maximum absolute atomic E-state index is 12.3. The summed E-state index contributed by atoms with van der Waals surface area (Å²) >= 11 is 0. The lowest BCUT2D eigenvalue weighted by atomic mass is 9.82. The van der Waals surface area contributed by atoms with Crippen molar-refractivity contribution in [3.8, 4) is 0 Å². The van der Waals surface area contributed by atoms with Crippen LogP contribution < -0.4 is 11.1 Å². The Bertz CT molecular complexity index is 255. The molecule has 0 spiro atoms. The number of amides is 1. The first-order chi connectivity index (χ1) is 8.59. The summed E-state index contributed by atoms with van der Waals surface area (Å²) in [6.45, 7) is 7.10. The molecule has 0 bridgehead atoms. The van der Waals surface area contributed by atoms with Gasteiger partial charge >= 0.3 is 0 Å². The standard InChI is InChI=1S/C15H30N2O/c1-4-12(5-2)13(16)11-17-14(18)15(6-3)9-7-8-10-15/h12-13H,4-11,16H2,1-3H3,(H,17,18). The van der Waals surface area contributed by atoms with Crippen LogP contribution in [0.5, 0.6) is 0 Å². The fraction of sp³-hybridized carbons (Fsp3) is 0.933. The van der Waals surface area contributed by atoms with Gasteiger partial charge in [-0.2, -0.15) is 0 Å². The van der Waals surface area contributed by atoms with E-state index in [1.54, 1.807) is 0 Å². The van der Waals surface area contributed by atoms with Gasteiger partial charge in [-0.05, 0) is 25.2 Å². The molecule has 106 valence electrons. The molecule has 0 aliphatic heterocycles. The maximum Gasteiger partial charge on any atom is 0.226 e. The van der Waals surface area contributed by atoms with Crippen LogP contribution in [0.25, 0.3) is 0 Å². The molecule has 1 saturated carbocycles. The van der Waals surface area contributed by atoms with E-state index in [2.05, 4.69) is 26.1 Å². The van der Waals surface area contributed by atoms with Gasteiger partial charge in [0.2, 0.25) is 5.91 Å². The average Bonchev–Trinajstić information content (AvgIpc) is 2.87. The van der Waals surface area contributed by atoms with Crippen molar-refractivity contribution in [2.75, 3.05) is 6.54 Å². The van der Waals surface area contributed by atoms with E-state index in [1.807, 2.05) is 0 Å². The predicted molar refractivity (Wildman–Crippen MR) is 76.2 cm³/mol. The van der Waals surface area contributed by atoms with Crippen molar-refractivity contribution in [3.63, 3.8) is 0 Å². The highest BCUT2D eigenvalue weighted by molar-refractivity contribution is 5.82. The van der Waals surface area contributed by atoms with Crippen molar-refractivity contribution in [1.82, 2.24) is 5.32 Å². The molecule has 18 heavy (non-hydrogen) atoms. The van der Waals surface area contributed by atoms with Gasteiger partial charge < -0.3 is 11.1 Å². The molecular weight excluding hydrogens is 224 g/mol. The molecule has 1 amide bonds. The molecule has 0 aromatic carbocycles. The van der Waals surface area contributed by atoms with Crippen LogP contribution in [-0.4, -0.2) is 18.5 Å². The van der Waals surface area contributed by atoms with Gasteiger partial charge in [0.1, 0.15) is 0 Å². The van der Waals surface area contributed by atoms with Crippen molar-refractivity contribution >= 4 is 5.91 Å². The molecule has 1 aliphatic rings. The van der Waals surface area contributed by atoms with E-state index in [-0.39, 0.29) is 17.4 Å². The molecule has 3 heteroatoms. The van der Waals surface area contributed by atoms with Crippen molar-refractivity contribution in [1.29, 1.82) is 0 Å². The molecule has 1 atom stereocenters. The smallest absolute Gasteiger partial charge is 0.226 e. The maximum atomic E-state index is 12.3. The highest BCUT2D eigenvalue weighted by atomic mass is 16.2. The third-order valence-corrected chi connectivity index (χ3v) is 4.87. The van der Waals surface area contributed by atoms with Crippen LogP contribution in [0.3, 0.4) is 0 Å². The molecule has 1 rings (SSSR count). The summed E-state index contributed by atoms with van der Waals surface area (Å²) in [6.07, 6.45) is 7.63. The zero-order valence-electron chi connectivity index (χ0n) is 12.3. The minimum absolute atomic E-state index is 0.0896. The second kappa shape index (κ2) is 7.13. The van der Waals surface area contributed by atoms with E-state index in [0.717, 1.165) is 32.1 Å². The summed E-state index contributed by atoms with van der Waals surface area (Å²) in [7, 11) is 0. The van der Waals surface area contributed by atoms with E-state index in [4.69, 9.17) is 5.73 Å². The monoisotopic (exact) mass is 254 g/mol. The summed E-state index contributed by atoms with van der Waals surface area (Å²) in [6, 6.07) is 0.0965. The van der Waals surface area contributed by atoms with Crippen LogP contribution in [0, 0.1) is 11.3 Å². The highest BCUT2D eigenvalue weighted by Crippen LogP contribution is 2.41. The lowest BCUT2D eigenvalue weighted by Gasteiger charge is -2.28. The van der Waals surface area contributed by atoms with Gasteiger partial charge in [-0.25, -0.2) is 0 Å². The molecule has 0 radical (unpaired) electrons. The van der Waals surface area contributed by atoms with Crippen molar-refractivity contribution in [2.24, 2.45) is 17.1 Å². The minimum atomic E-state index is -0.0896. The Morgan fingerprint density at radius 3 is 2.22 bits per heavy atom. The average molecular weight is 254 g/mol. The van der Waals surface area contributed by atoms with Crippen LogP contribution in [0.2, 0.25) is 0 Å². The number of hydrogen-bond acceptors (Lipinski definition) is 2. The number of carbonyl (C=O) groups excluding carboxylic acids is 1. The normalized spacial score (nSPS) is 20.1. The Kier molecular flexibility index (Phi) is 6.13. The molecule has 0 aromatic heterocycles. The molecule has 3 N–H and O–H groups in total. The van der Waals surface area contributed by atoms with Crippen molar-refractivity contribution in [2.45, 2.75) is 71.8 Å². The number of rotatable bonds is 7. The van der Waals surface area contributed by atoms with Crippen molar-refractivity contribution < 1.29 is 4.79 Å². The summed E-state index contributed by atoms with van der Waals surface area (Å²) < 4.78 is 0. The largest absolute Gasteiger partial charge is 0.354 e. The van der Waals surface area contributed by atoms with E-state index in [0.29, 0.717) is 12.5 Å². The summed E-state index contributed by atoms with van der Waals surface area (Å²) in [5.74, 6) is 0.760. The summed E-state index contributed by atoms with van der Waals surface area (Å²) in [5.41, 5.74) is 6.07. The Labute approximate surface area is 112 Å². The molecule has 1 unspecified atom stereocenters. The predicted octanol–water partition coefficient (Wildman–Crippen LogP) is 2.84. The van der Waals surface area contributed by atoms with Crippen LogP contribution in [0.15, 0.2) is 0 Å². The molecule has 1 aliphatic carbocycles. The van der Waals surface area contributed by atoms with Gasteiger partial charge in [-0.15, -0.1) is 0 Å². The molecule has 0 aromatic rings. The number of nitrogens with two attached hydrogens (primary N) is 1. The Hall–Kier alpha value is -0.570. The third kappa shape index (κ3) is 3.47. The first kappa shape index (κ1) is 15.5. The van der Waals surface area contributed by atoms with Crippen molar-refractivity contribution in [3.05, 3.63) is 0 Å². The van der Waals surface area contributed by atoms with Gasteiger partial charge in [0.05, 0.1) is 0 Å². The second-order valence-electron chi connectivity index (χ2n) is 5.79. The van der Waals surface area contributed by atoms with E-state index >= 15 is 0 Å². The van der Waals surface area contributed by atoms with Gasteiger partial charge in [0.15, 0.2) is 0 Å². The molecule has 0 heterocycles. The minimum Gasteiger partial charge on any atom is -0.354 e. The van der Waals surface area contributed by atoms with Gasteiger partial charge in [0.25, 0.3) is 0 Å². The molecular formula is C15H30N2O. The number of hydrogen-bond donors (Lipinski definition) is 2. The Balaban J connectivity index is 2.45. The Morgan fingerprint density at radius 2 is 1.78 bits per heavy atom. The summed E-state index contributed by atoms with van der Waals surface area (Å²) in [4.78, 5) is 12.3. The van der Waals surface area contributed by atoms with Crippen LogP contribution >= 0.6 is 0 Å². The summed E-state index contributed by atoms with van der Waals surface area (Å²) in [5, 5.41) is 3.10. The molecule has 1 fully saturated rings. The molecule has 0 saturated heterocycles. The number of carbonyl (C=O) groups is 1.